The van der Waals surface area contributed by atoms with E-state index in [1.807, 2.05) is 0 Å². The molecule has 0 heterocycles. The highest BCUT2D eigenvalue weighted by atomic mass is 35.5. The standard InChI is InChI=1S/C15H20ClNO/c16-13-10-12(8-9-14(13)17)15(18)11-6-4-2-1-3-5-7-11/h8-11H,1-7,17H2. The van der Waals surface area contributed by atoms with Crippen molar-refractivity contribution in [3.63, 3.8) is 0 Å². The molecule has 0 amide bonds. The Kier molecular flexibility index (Phi) is 4.65. The van der Waals surface area contributed by atoms with Crippen molar-refractivity contribution in [2.75, 3.05) is 5.73 Å². The van der Waals surface area contributed by atoms with Gasteiger partial charge in [-0.25, -0.2) is 0 Å². The molecule has 0 unspecified atom stereocenters. The third kappa shape index (κ3) is 3.26. The molecule has 18 heavy (non-hydrogen) atoms. The summed E-state index contributed by atoms with van der Waals surface area (Å²) >= 11 is 5.98. The minimum absolute atomic E-state index is 0.171. The highest BCUT2D eigenvalue weighted by Crippen LogP contribution is 2.27. The quantitative estimate of drug-likeness (QED) is 0.633. The Hall–Kier alpha value is -1.02. The van der Waals surface area contributed by atoms with Crippen LogP contribution >= 0.6 is 11.6 Å². The number of hydrogen-bond donors (Lipinski definition) is 1. The van der Waals surface area contributed by atoms with E-state index in [1.54, 1.807) is 18.2 Å². The molecule has 1 aromatic rings. The van der Waals surface area contributed by atoms with E-state index < -0.39 is 0 Å². The first-order valence-corrected chi connectivity index (χ1v) is 7.15. The number of carbonyl (C=O) groups is 1. The van der Waals surface area contributed by atoms with Gasteiger partial charge < -0.3 is 5.73 Å². The van der Waals surface area contributed by atoms with Crippen molar-refractivity contribution in [1.29, 1.82) is 0 Å². The molecule has 0 radical (unpaired) electrons. The molecule has 1 aliphatic rings. The Balaban J connectivity index is 2.10. The molecule has 2 rings (SSSR count). The van der Waals surface area contributed by atoms with E-state index in [9.17, 15) is 4.79 Å². The zero-order chi connectivity index (χ0) is 13.0. The number of nitrogen functional groups attached to an aromatic ring is 1. The Labute approximate surface area is 114 Å². The van der Waals surface area contributed by atoms with Gasteiger partial charge in [-0.1, -0.05) is 43.7 Å². The second kappa shape index (κ2) is 6.24. The van der Waals surface area contributed by atoms with Gasteiger partial charge in [0.2, 0.25) is 0 Å². The Morgan fingerprint density at radius 1 is 1.11 bits per heavy atom. The third-order valence-electron chi connectivity index (χ3n) is 3.76. The Morgan fingerprint density at radius 3 is 2.33 bits per heavy atom. The lowest BCUT2D eigenvalue weighted by atomic mass is 9.85. The summed E-state index contributed by atoms with van der Waals surface area (Å²) in [6.07, 6.45) is 8.19. The number of anilines is 1. The number of rotatable bonds is 2. The van der Waals surface area contributed by atoms with Crippen molar-refractivity contribution in [2.45, 2.75) is 44.9 Å². The van der Waals surface area contributed by atoms with Gasteiger partial charge in [0.05, 0.1) is 10.7 Å². The van der Waals surface area contributed by atoms with Crippen molar-refractivity contribution in [2.24, 2.45) is 5.92 Å². The fourth-order valence-corrected chi connectivity index (χ4v) is 2.81. The minimum atomic E-state index is 0.171. The number of halogens is 1. The zero-order valence-electron chi connectivity index (χ0n) is 10.6. The predicted molar refractivity (Wildman–Crippen MR) is 76.0 cm³/mol. The number of ketones is 1. The van der Waals surface area contributed by atoms with E-state index in [-0.39, 0.29) is 11.7 Å². The van der Waals surface area contributed by atoms with Gasteiger partial charge in [-0.05, 0) is 31.0 Å². The summed E-state index contributed by atoms with van der Waals surface area (Å²) in [5.74, 6) is 0.406. The van der Waals surface area contributed by atoms with Gasteiger partial charge in [-0.15, -0.1) is 0 Å². The molecule has 0 aliphatic heterocycles. The van der Waals surface area contributed by atoms with E-state index in [0.717, 1.165) is 12.8 Å². The molecule has 1 aliphatic carbocycles. The first kappa shape index (κ1) is 13.4. The summed E-state index contributed by atoms with van der Waals surface area (Å²) < 4.78 is 0. The molecular formula is C15H20ClNO. The van der Waals surface area contributed by atoms with Crippen molar-refractivity contribution in [3.05, 3.63) is 28.8 Å². The van der Waals surface area contributed by atoms with E-state index in [0.29, 0.717) is 16.3 Å². The van der Waals surface area contributed by atoms with Crippen molar-refractivity contribution in [3.8, 4) is 0 Å². The molecule has 1 fully saturated rings. The van der Waals surface area contributed by atoms with Crippen LogP contribution in [0.2, 0.25) is 5.02 Å². The first-order valence-electron chi connectivity index (χ1n) is 6.77. The molecule has 2 N–H and O–H groups in total. The number of hydrogen-bond acceptors (Lipinski definition) is 2. The second-order valence-corrected chi connectivity index (χ2v) is 5.55. The molecule has 0 aromatic heterocycles. The Bertz CT molecular complexity index is 423. The number of Topliss-reactive ketones (excluding diaryl/α,β-unsaturated/α-hetero) is 1. The summed E-state index contributed by atoms with van der Waals surface area (Å²) in [7, 11) is 0. The topological polar surface area (TPSA) is 43.1 Å². The van der Waals surface area contributed by atoms with Crippen LogP contribution in [0, 0.1) is 5.92 Å². The summed E-state index contributed by atoms with van der Waals surface area (Å²) in [5, 5.41) is 0.478. The fourth-order valence-electron chi connectivity index (χ4n) is 2.63. The SMILES string of the molecule is Nc1ccc(C(=O)C2CCCCCCC2)cc1Cl. The highest BCUT2D eigenvalue weighted by molar-refractivity contribution is 6.33. The maximum absolute atomic E-state index is 12.4. The smallest absolute Gasteiger partial charge is 0.165 e. The van der Waals surface area contributed by atoms with E-state index in [1.165, 1.54) is 32.1 Å². The van der Waals surface area contributed by atoms with Crippen LogP contribution in [0.1, 0.15) is 55.3 Å². The van der Waals surface area contributed by atoms with Crippen molar-refractivity contribution in [1.82, 2.24) is 0 Å². The fraction of sp³-hybridized carbons (Fsp3) is 0.533. The molecule has 0 saturated heterocycles. The van der Waals surface area contributed by atoms with Crippen molar-refractivity contribution >= 4 is 23.1 Å². The second-order valence-electron chi connectivity index (χ2n) is 5.14. The van der Waals surface area contributed by atoms with Crippen molar-refractivity contribution < 1.29 is 4.79 Å². The maximum atomic E-state index is 12.4. The molecule has 0 bridgehead atoms. The van der Waals surface area contributed by atoms with E-state index in [2.05, 4.69) is 0 Å². The van der Waals surface area contributed by atoms with Gasteiger partial charge in [-0.2, -0.15) is 0 Å². The average molecular weight is 266 g/mol. The van der Waals surface area contributed by atoms with Crippen LogP contribution in [-0.2, 0) is 0 Å². The highest BCUT2D eigenvalue weighted by Gasteiger charge is 2.21. The molecule has 2 nitrogen and oxygen atoms in total. The minimum Gasteiger partial charge on any atom is -0.398 e. The normalized spacial score (nSPS) is 18.1. The molecule has 1 aromatic carbocycles. The van der Waals surface area contributed by atoms with Crippen LogP contribution < -0.4 is 5.73 Å². The largest absolute Gasteiger partial charge is 0.398 e. The average Bonchev–Trinajstić information content (AvgIpc) is 2.31. The molecule has 0 atom stereocenters. The van der Waals surface area contributed by atoms with Crippen LogP contribution in [0.3, 0.4) is 0 Å². The van der Waals surface area contributed by atoms with Gasteiger partial charge in [0, 0.05) is 11.5 Å². The number of benzene rings is 1. The Morgan fingerprint density at radius 2 is 1.72 bits per heavy atom. The maximum Gasteiger partial charge on any atom is 0.165 e. The lowest BCUT2D eigenvalue weighted by Crippen LogP contribution is -2.16. The summed E-state index contributed by atoms with van der Waals surface area (Å²) in [6, 6.07) is 5.22. The number of nitrogens with two attached hydrogens (primary N) is 1. The van der Waals surface area contributed by atoms with E-state index >= 15 is 0 Å². The predicted octanol–water partition coefficient (Wildman–Crippen LogP) is 4.47. The molecule has 0 spiro atoms. The lowest BCUT2D eigenvalue weighted by Gasteiger charge is -2.18. The van der Waals surface area contributed by atoms with Crippen LogP contribution in [0.15, 0.2) is 18.2 Å². The summed E-state index contributed by atoms with van der Waals surface area (Å²) in [4.78, 5) is 12.4. The zero-order valence-corrected chi connectivity index (χ0v) is 11.4. The molecule has 98 valence electrons. The van der Waals surface area contributed by atoms with Gasteiger partial charge >= 0.3 is 0 Å². The van der Waals surface area contributed by atoms with Gasteiger partial charge in [0.25, 0.3) is 0 Å². The van der Waals surface area contributed by atoms with Gasteiger partial charge in [0.15, 0.2) is 5.78 Å². The molecular weight excluding hydrogens is 246 g/mol. The monoisotopic (exact) mass is 265 g/mol. The first-order chi connectivity index (χ1) is 8.68. The van der Waals surface area contributed by atoms with Crippen LogP contribution in [0.25, 0.3) is 0 Å². The summed E-state index contributed by atoms with van der Waals surface area (Å²) in [6.45, 7) is 0. The van der Waals surface area contributed by atoms with Gasteiger partial charge in [-0.3, -0.25) is 4.79 Å². The molecule has 3 heteroatoms. The lowest BCUT2D eigenvalue weighted by molar-refractivity contribution is 0.0898. The number of carbonyl (C=O) groups excluding carboxylic acids is 1. The van der Waals surface area contributed by atoms with Crippen LogP contribution in [0.5, 0.6) is 0 Å². The third-order valence-corrected chi connectivity index (χ3v) is 4.09. The van der Waals surface area contributed by atoms with Gasteiger partial charge in [0.1, 0.15) is 0 Å². The molecule has 1 saturated carbocycles. The summed E-state index contributed by atoms with van der Waals surface area (Å²) in [5.41, 5.74) is 6.91. The van der Waals surface area contributed by atoms with Crippen LogP contribution in [-0.4, -0.2) is 5.78 Å². The van der Waals surface area contributed by atoms with E-state index in [4.69, 9.17) is 17.3 Å². The van der Waals surface area contributed by atoms with Crippen LogP contribution in [0.4, 0.5) is 5.69 Å².